The van der Waals surface area contributed by atoms with Crippen molar-refractivity contribution in [3.63, 3.8) is 0 Å². The first-order valence-corrected chi connectivity index (χ1v) is 11.3. The fourth-order valence-electron chi connectivity index (χ4n) is 4.69. The van der Waals surface area contributed by atoms with Gasteiger partial charge in [0, 0.05) is 11.6 Å². The van der Waals surface area contributed by atoms with Crippen LogP contribution in [0.15, 0.2) is 115 Å². The summed E-state index contributed by atoms with van der Waals surface area (Å²) >= 11 is 1.81. The first-order chi connectivity index (χ1) is 15.4. The van der Waals surface area contributed by atoms with Crippen LogP contribution in [0.3, 0.4) is 0 Å². The molecule has 0 saturated heterocycles. The van der Waals surface area contributed by atoms with Crippen molar-refractivity contribution < 1.29 is 9.13 Å². The SMILES string of the molecule is C1=C(c2ccccc2)O[B-](c2ccccc2)(c2ccccc2)[n+]2c1sc1ccccc12. The molecule has 0 saturated carbocycles. The van der Waals surface area contributed by atoms with Gasteiger partial charge < -0.3 is 9.13 Å². The second kappa shape index (κ2) is 7.26. The first kappa shape index (κ1) is 18.2. The molecule has 1 aromatic heterocycles. The molecule has 6 rings (SSSR count). The average molecular weight is 417 g/mol. The Bertz CT molecular complexity index is 1360. The number of fused-ring (bicyclic) bond motifs is 3. The van der Waals surface area contributed by atoms with Crippen LogP contribution in [-0.4, -0.2) is 6.48 Å². The third-order valence-corrected chi connectivity index (χ3v) is 7.14. The summed E-state index contributed by atoms with van der Waals surface area (Å²) in [6.07, 6.45) is 2.19. The van der Waals surface area contributed by atoms with Gasteiger partial charge in [-0.1, -0.05) is 125 Å². The zero-order valence-electron chi connectivity index (χ0n) is 16.9. The molecule has 0 radical (unpaired) electrons. The number of aromatic nitrogens is 1. The lowest BCUT2D eigenvalue weighted by Gasteiger charge is -2.40. The smallest absolute Gasteiger partial charge is 0.514 e. The van der Waals surface area contributed by atoms with E-state index in [1.54, 1.807) is 0 Å². The number of rotatable bonds is 3. The molecule has 5 aromatic rings. The molecule has 0 fully saturated rings. The third kappa shape index (κ3) is 2.83. The lowest BCUT2D eigenvalue weighted by atomic mass is 9.40. The minimum Gasteiger partial charge on any atom is -0.651 e. The van der Waals surface area contributed by atoms with Crippen molar-refractivity contribution in [1.29, 1.82) is 0 Å². The van der Waals surface area contributed by atoms with Crippen molar-refractivity contribution >= 4 is 50.8 Å². The highest BCUT2D eigenvalue weighted by Gasteiger charge is 2.50. The minimum absolute atomic E-state index is 0.903. The van der Waals surface area contributed by atoms with E-state index in [0.717, 1.165) is 22.2 Å². The third-order valence-electron chi connectivity index (χ3n) is 6.05. The van der Waals surface area contributed by atoms with Gasteiger partial charge in [-0.15, -0.1) is 0 Å². The van der Waals surface area contributed by atoms with Crippen LogP contribution in [0.4, 0.5) is 0 Å². The normalized spacial score (nSPS) is 14.5. The standard InChI is InChI=1S/C27H20BNOS/c1-4-12-21(13-5-1)25-20-27-29(24-18-10-11-19-26(24)31-27)28(30-25,22-14-6-2-7-15-22)23-16-8-3-9-17-23/h1-20H. The van der Waals surface area contributed by atoms with Gasteiger partial charge in [0.15, 0.2) is 5.52 Å². The first-order valence-electron chi connectivity index (χ1n) is 10.5. The monoisotopic (exact) mass is 417 g/mol. The van der Waals surface area contributed by atoms with Crippen molar-refractivity contribution in [3.05, 3.63) is 126 Å². The molecule has 0 unspecified atom stereocenters. The van der Waals surface area contributed by atoms with Gasteiger partial charge in [-0.25, -0.2) is 0 Å². The molecule has 31 heavy (non-hydrogen) atoms. The summed E-state index contributed by atoms with van der Waals surface area (Å²) in [4.78, 5) is 0. The van der Waals surface area contributed by atoms with Crippen molar-refractivity contribution in [2.24, 2.45) is 0 Å². The molecule has 148 valence electrons. The Balaban J connectivity index is 1.74. The van der Waals surface area contributed by atoms with E-state index in [1.807, 2.05) is 17.4 Å². The summed E-state index contributed by atoms with van der Waals surface area (Å²) in [5, 5.41) is 1.19. The predicted octanol–water partition coefficient (Wildman–Crippen LogP) is 4.82. The summed E-state index contributed by atoms with van der Waals surface area (Å²) in [7, 11) is 0. The molecule has 0 bridgehead atoms. The summed E-state index contributed by atoms with van der Waals surface area (Å²) in [5.41, 5.74) is 4.60. The number of benzene rings is 4. The molecule has 0 amide bonds. The minimum atomic E-state index is -1.73. The molecule has 1 aliphatic heterocycles. The van der Waals surface area contributed by atoms with E-state index >= 15 is 0 Å². The summed E-state index contributed by atoms with van der Waals surface area (Å²) < 4.78 is 10.8. The van der Waals surface area contributed by atoms with Crippen LogP contribution >= 0.6 is 11.3 Å². The Labute approximate surface area is 185 Å². The van der Waals surface area contributed by atoms with E-state index in [4.69, 9.17) is 4.65 Å². The topological polar surface area (TPSA) is 13.1 Å². The van der Waals surface area contributed by atoms with Crippen LogP contribution in [0, 0.1) is 0 Å². The van der Waals surface area contributed by atoms with Crippen LogP contribution in [0.1, 0.15) is 10.6 Å². The Hall–Kier alpha value is -3.63. The van der Waals surface area contributed by atoms with Crippen LogP contribution in [-0.2, 0) is 4.65 Å². The number of hydrogen-bond acceptors (Lipinski definition) is 2. The van der Waals surface area contributed by atoms with Gasteiger partial charge in [0.2, 0.25) is 5.01 Å². The predicted molar refractivity (Wildman–Crippen MR) is 131 cm³/mol. The van der Waals surface area contributed by atoms with Gasteiger partial charge >= 0.3 is 6.48 Å². The van der Waals surface area contributed by atoms with Crippen LogP contribution < -0.4 is 15.4 Å². The molecule has 4 heteroatoms. The van der Waals surface area contributed by atoms with Crippen LogP contribution in [0.2, 0.25) is 0 Å². The van der Waals surface area contributed by atoms with E-state index in [1.165, 1.54) is 15.2 Å². The quantitative estimate of drug-likeness (QED) is 0.384. The van der Waals surface area contributed by atoms with E-state index < -0.39 is 6.48 Å². The van der Waals surface area contributed by atoms with Gasteiger partial charge in [-0.3, -0.25) is 0 Å². The van der Waals surface area contributed by atoms with Crippen LogP contribution in [0.25, 0.3) is 22.1 Å². The number of hydrogen-bond donors (Lipinski definition) is 0. The highest BCUT2D eigenvalue weighted by molar-refractivity contribution is 7.19. The molecule has 1 aliphatic rings. The molecule has 0 atom stereocenters. The fraction of sp³-hybridized carbons (Fsp3) is 0. The van der Waals surface area contributed by atoms with Gasteiger partial charge in [0.25, 0.3) is 0 Å². The average Bonchev–Trinajstić information content (AvgIpc) is 3.24. The Morgan fingerprint density at radius 2 is 1.16 bits per heavy atom. The molecule has 0 N–H and O–H groups in total. The summed E-state index contributed by atoms with van der Waals surface area (Å²) in [6, 6.07) is 40.3. The van der Waals surface area contributed by atoms with Crippen molar-refractivity contribution in [2.45, 2.75) is 0 Å². The van der Waals surface area contributed by atoms with Crippen LogP contribution in [0.5, 0.6) is 0 Å². The zero-order chi connectivity index (χ0) is 20.7. The highest BCUT2D eigenvalue weighted by Crippen LogP contribution is 2.32. The van der Waals surface area contributed by atoms with E-state index in [-0.39, 0.29) is 0 Å². The van der Waals surface area contributed by atoms with E-state index in [0.29, 0.717) is 0 Å². The molecular weight excluding hydrogens is 397 g/mol. The van der Waals surface area contributed by atoms with Crippen molar-refractivity contribution in [3.8, 4) is 0 Å². The van der Waals surface area contributed by atoms with Gasteiger partial charge in [0.05, 0.1) is 16.5 Å². The highest BCUT2D eigenvalue weighted by atomic mass is 32.1. The molecule has 2 heterocycles. The van der Waals surface area contributed by atoms with Crippen molar-refractivity contribution in [1.82, 2.24) is 0 Å². The lowest BCUT2D eigenvalue weighted by molar-refractivity contribution is -0.523. The molecule has 0 aliphatic carbocycles. The maximum atomic E-state index is 7.12. The largest absolute Gasteiger partial charge is 0.651 e. The number of thiazole rings is 1. The number of nitrogens with zero attached hydrogens (tertiary/aromatic N) is 1. The van der Waals surface area contributed by atoms with Gasteiger partial charge in [0.1, 0.15) is 0 Å². The maximum Gasteiger partial charge on any atom is 0.514 e. The Morgan fingerprint density at radius 1 is 0.613 bits per heavy atom. The second-order valence-electron chi connectivity index (χ2n) is 7.84. The van der Waals surface area contributed by atoms with Crippen molar-refractivity contribution in [2.75, 3.05) is 0 Å². The summed E-state index contributed by atoms with van der Waals surface area (Å²) in [5.74, 6) is 0.903. The van der Waals surface area contributed by atoms with Gasteiger partial charge in [-0.2, -0.15) is 0 Å². The fourth-order valence-corrected chi connectivity index (χ4v) is 5.84. The Kier molecular flexibility index (Phi) is 4.25. The Morgan fingerprint density at radius 3 is 1.81 bits per heavy atom. The number of para-hydroxylation sites is 1. The van der Waals surface area contributed by atoms with E-state index in [2.05, 4.69) is 120 Å². The zero-order valence-corrected chi connectivity index (χ0v) is 17.7. The molecular formula is C27H20BNOS. The molecule has 0 spiro atoms. The maximum absolute atomic E-state index is 7.12. The second-order valence-corrected chi connectivity index (χ2v) is 8.90. The molecule has 4 aromatic carbocycles. The van der Waals surface area contributed by atoms with E-state index in [9.17, 15) is 0 Å². The van der Waals surface area contributed by atoms with Gasteiger partial charge in [-0.05, 0) is 6.07 Å². The molecule has 2 nitrogen and oxygen atoms in total. The lowest BCUT2D eigenvalue weighted by Crippen LogP contribution is -2.81. The summed E-state index contributed by atoms with van der Waals surface area (Å²) in [6.45, 7) is -1.73.